The first-order valence-corrected chi connectivity index (χ1v) is 14.9. The normalized spacial score (nSPS) is 13.3. The number of halogens is 6. The number of rotatable bonds is 5. The van der Waals surface area contributed by atoms with Gasteiger partial charge in [-0.25, -0.2) is 0 Å². The van der Waals surface area contributed by atoms with Crippen LogP contribution in [0.25, 0.3) is 0 Å². The summed E-state index contributed by atoms with van der Waals surface area (Å²) in [6.45, 7) is 0. The predicted molar refractivity (Wildman–Crippen MR) is 134 cm³/mol. The van der Waals surface area contributed by atoms with Crippen molar-refractivity contribution < 1.29 is 17.6 Å². The van der Waals surface area contributed by atoms with E-state index in [0.717, 1.165) is 22.0 Å². The molecule has 0 N–H and O–H groups in total. The first-order chi connectivity index (χ1) is 15.6. The van der Waals surface area contributed by atoms with E-state index in [2.05, 4.69) is 15.5 Å². The molecule has 0 bridgehead atoms. The summed E-state index contributed by atoms with van der Waals surface area (Å²) < 4.78 is 56.1. The summed E-state index contributed by atoms with van der Waals surface area (Å²) >= 11 is 10.1. The molecule has 4 aromatic rings. The van der Waals surface area contributed by atoms with E-state index in [0.29, 0.717) is 6.07 Å². The Labute approximate surface area is 202 Å². The van der Waals surface area contributed by atoms with Gasteiger partial charge in [-0.05, 0) is 0 Å². The van der Waals surface area contributed by atoms with Crippen LogP contribution in [0.3, 0.4) is 0 Å². The summed E-state index contributed by atoms with van der Waals surface area (Å²) in [7, 11) is 0. The van der Waals surface area contributed by atoms with E-state index in [1.807, 2.05) is 91.0 Å². The number of benzene rings is 4. The molecule has 33 heavy (non-hydrogen) atoms. The predicted octanol–water partition coefficient (Wildman–Crippen LogP) is 7.84. The number of alkyl halides is 3. The third-order valence-electron chi connectivity index (χ3n) is 5.78. The molecule has 4 rings (SSSR count). The van der Waals surface area contributed by atoms with E-state index >= 15 is 4.39 Å². The molecule has 0 atom stereocenters. The average Bonchev–Trinajstić information content (AvgIpc) is 2.83. The van der Waals surface area contributed by atoms with E-state index in [4.69, 9.17) is 11.6 Å². The average molecular weight is 554 g/mol. The van der Waals surface area contributed by atoms with Gasteiger partial charge in [-0.2, -0.15) is 0 Å². The van der Waals surface area contributed by atoms with Gasteiger partial charge in [0.1, 0.15) is 0 Å². The van der Waals surface area contributed by atoms with Crippen LogP contribution in [0.15, 0.2) is 103 Å². The monoisotopic (exact) mass is 552 g/mol. The van der Waals surface area contributed by atoms with Gasteiger partial charge in [-0.3, -0.25) is 0 Å². The Kier molecular flexibility index (Phi) is 6.43. The molecule has 0 nitrogen and oxygen atoms in total. The maximum absolute atomic E-state index is 15.3. The van der Waals surface area contributed by atoms with Crippen molar-refractivity contribution in [1.82, 2.24) is 0 Å². The molecule has 0 unspecified atom stereocenters. The molecule has 0 saturated carbocycles. The molecule has 0 aliphatic rings. The van der Waals surface area contributed by atoms with Crippen molar-refractivity contribution in [2.45, 2.75) is 12.3 Å². The molecule has 0 aliphatic carbocycles. The Morgan fingerprint density at radius 3 is 1.45 bits per heavy atom. The standard InChI is InChI=1S/C26H19BrClF4P/c27-33(21-10-4-1-5-11-21,22-12-6-2-7-13-22,23-14-8-3-9-15-23)18-19-16-20(26(30,31)32)17-24(28)25(19)29/h1-17H,18H2. The third-order valence-corrected chi connectivity index (χ3v) is 15.6. The van der Waals surface area contributed by atoms with E-state index in [1.54, 1.807) is 0 Å². The molecular formula is C26H19BrClF4P. The van der Waals surface area contributed by atoms with E-state index in [9.17, 15) is 13.2 Å². The van der Waals surface area contributed by atoms with Crippen LogP contribution in [0, 0.1) is 5.82 Å². The summed E-state index contributed by atoms with van der Waals surface area (Å²) in [6, 6.07) is 29.9. The van der Waals surface area contributed by atoms with Crippen molar-refractivity contribution in [3.63, 3.8) is 0 Å². The van der Waals surface area contributed by atoms with Gasteiger partial charge in [0.2, 0.25) is 0 Å². The fraction of sp³-hybridized carbons (Fsp3) is 0.0769. The van der Waals surface area contributed by atoms with Gasteiger partial charge < -0.3 is 0 Å². The summed E-state index contributed by atoms with van der Waals surface area (Å²) in [6.07, 6.45) is -4.68. The van der Waals surface area contributed by atoms with Crippen LogP contribution in [0.1, 0.15) is 11.1 Å². The summed E-state index contributed by atoms with van der Waals surface area (Å²) in [5.41, 5.74) is -1.07. The second kappa shape index (κ2) is 8.87. The van der Waals surface area contributed by atoms with Gasteiger partial charge in [0.05, 0.1) is 0 Å². The Balaban J connectivity index is 2.11. The van der Waals surface area contributed by atoms with E-state index in [-0.39, 0.29) is 11.7 Å². The van der Waals surface area contributed by atoms with Crippen LogP contribution >= 0.6 is 32.4 Å². The SMILES string of the molecule is Fc1c(Cl)cc(C(F)(F)F)cc1CP(Br)(c1ccccc1)(c1ccccc1)c1ccccc1. The van der Waals surface area contributed by atoms with Crippen LogP contribution in [0.4, 0.5) is 17.6 Å². The fourth-order valence-electron chi connectivity index (χ4n) is 4.18. The van der Waals surface area contributed by atoms with Crippen molar-refractivity contribution >= 4 is 48.3 Å². The van der Waals surface area contributed by atoms with Gasteiger partial charge in [0, 0.05) is 0 Å². The fourth-order valence-corrected chi connectivity index (χ4v) is 12.1. The van der Waals surface area contributed by atoms with Gasteiger partial charge in [-0.1, -0.05) is 0 Å². The summed E-state index contributed by atoms with van der Waals surface area (Å²) in [5.74, 6) is -0.846. The van der Waals surface area contributed by atoms with Crippen molar-refractivity contribution in [1.29, 1.82) is 0 Å². The van der Waals surface area contributed by atoms with Gasteiger partial charge in [-0.15, -0.1) is 0 Å². The first kappa shape index (κ1) is 23.9. The minimum absolute atomic E-state index is 0.0287. The quantitative estimate of drug-likeness (QED) is 0.174. The molecule has 4 aromatic carbocycles. The molecule has 0 aliphatic heterocycles. The molecular weight excluding hydrogens is 535 g/mol. The molecule has 0 spiro atoms. The van der Waals surface area contributed by atoms with Crippen LogP contribution in [0.5, 0.6) is 0 Å². The van der Waals surface area contributed by atoms with Crippen LogP contribution in [-0.2, 0) is 12.3 Å². The Morgan fingerprint density at radius 1 is 0.697 bits per heavy atom. The Hall–Kier alpha value is -2.20. The molecule has 0 radical (unpaired) electrons. The van der Waals surface area contributed by atoms with Gasteiger partial charge in [0.15, 0.2) is 0 Å². The molecule has 0 heterocycles. The Bertz CT molecular complexity index is 1160. The van der Waals surface area contributed by atoms with Crippen molar-refractivity contribution in [3.8, 4) is 0 Å². The van der Waals surface area contributed by atoms with E-state index < -0.39 is 27.9 Å². The first-order valence-electron chi connectivity index (χ1n) is 10.1. The zero-order valence-electron chi connectivity index (χ0n) is 17.2. The zero-order valence-corrected chi connectivity index (χ0v) is 20.5. The number of hydrogen-bond acceptors (Lipinski definition) is 0. The summed E-state index contributed by atoms with van der Waals surface area (Å²) in [5, 5.41) is -1.62. The molecule has 0 saturated heterocycles. The molecule has 0 aromatic heterocycles. The van der Waals surface area contributed by atoms with Gasteiger partial charge in [0.25, 0.3) is 0 Å². The van der Waals surface area contributed by atoms with Crippen molar-refractivity contribution in [3.05, 3.63) is 125 Å². The minimum atomic E-state index is -4.65. The van der Waals surface area contributed by atoms with Crippen LogP contribution < -0.4 is 15.9 Å². The molecule has 170 valence electrons. The second-order valence-corrected chi connectivity index (χ2v) is 17.1. The van der Waals surface area contributed by atoms with Crippen molar-refractivity contribution in [2.75, 3.05) is 0 Å². The number of hydrogen-bond donors (Lipinski definition) is 0. The molecule has 0 amide bonds. The molecule has 0 fully saturated rings. The third kappa shape index (κ3) is 4.23. The van der Waals surface area contributed by atoms with Crippen LogP contribution in [-0.4, -0.2) is 0 Å². The molecule has 7 heteroatoms. The van der Waals surface area contributed by atoms with Crippen LogP contribution in [0.2, 0.25) is 5.02 Å². The Morgan fingerprint density at radius 2 is 1.09 bits per heavy atom. The second-order valence-electron chi connectivity index (χ2n) is 7.78. The van der Waals surface area contributed by atoms with E-state index in [1.165, 1.54) is 0 Å². The van der Waals surface area contributed by atoms with Crippen molar-refractivity contribution in [2.24, 2.45) is 0 Å². The maximum atomic E-state index is 15.3. The topological polar surface area (TPSA) is 0 Å². The van der Waals surface area contributed by atoms with Gasteiger partial charge >= 0.3 is 203 Å². The summed E-state index contributed by atoms with van der Waals surface area (Å²) in [4.78, 5) is 0. The zero-order chi connectivity index (χ0) is 23.7.